The predicted octanol–water partition coefficient (Wildman–Crippen LogP) is 10.8. The lowest BCUT2D eigenvalue weighted by Crippen LogP contribution is -2.37. The van der Waals surface area contributed by atoms with Crippen LogP contribution in [0.3, 0.4) is 0 Å². The Morgan fingerprint density at radius 3 is 1.92 bits per heavy atom. The van der Waals surface area contributed by atoms with Gasteiger partial charge in [-0.1, -0.05) is 97.1 Å². The van der Waals surface area contributed by atoms with Gasteiger partial charge in [0.2, 0.25) is 0 Å². The quantitative estimate of drug-likeness (QED) is 0.0717. The van der Waals surface area contributed by atoms with Crippen molar-refractivity contribution in [2.24, 2.45) is 10.8 Å². The summed E-state index contributed by atoms with van der Waals surface area (Å²) in [5, 5.41) is 0. The van der Waals surface area contributed by atoms with Crippen molar-refractivity contribution < 1.29 is 28.6 Å². The van der Waals surface area contributed by atoms with Crippen LogP contribution in [-0.2, 0) is 19.1 Å². The third-order valence-electron chi connectivity index (χ3n) is 9.66. The minimum atomic E-state index is -0.526. The van der Waals surface area contributed by atoms with Crippen LogP contribution in [0.4, 0.5) is 0 Å². The standard InChI is InChI=1S/C42H58O6/c1-7-8-9-10-11-12-13-14-15-16-17-18-19-20-21-22-37(45)48-33-24-23-30(25-34(33)46-6)38-39-31(43)26-41(2,3)28-35(39)47-36-29-42(4,5)27-32(44)40(36)38/h11-12,14-15,23-25,38H,7-10,13,16-22,26-29H2,1-6H3/b12-11-,15-14-. The Bertz CT molecular complexity index is 1380. The van der Waals surface area contributed by atoms with Gasteiger partial charge in [-0.3, -0.25) is 14.4 Å². The van der Waals surface area contributed by atoms with Crippen molar-refractivity contribution in [2.45, 2.75) is 143 Å². The highest BCUT2D eigenvalue weighted by Crippen LogP contribution is 2.53. The summed E-state index contributed by atoms with van der Waals surface area (Å²) in [6, 6.07) is 5.40. The monoisotopic (exact) mass is 658 g/mol. The Morgan fingerprint density at radius 1 is 0.771 bits per heavy atom. The molecule has 262 valence electrons. The Hall–Kier alpha value is -3.41. The summed E-state index contributed by atoms with van der Waals surface area (Å²) in [5.74, 6) is 1.32. The fourth-order valence-corrected chi connectivity index (χ4v) is 7.21. The zero-order chi connectivity index (χ0) is 34.7. The number of Topliss-reactive ketones (excluding diaryl/α,β-unsaturated/α-hetero) is 2. The molecule has 0 atom stereocenters. The normalized spacial score (nSPS) is 19.1. The fraction of sp³-hybridized carbons (Fsp3) is 0.595. The van der Waals surface area contributed by atoms with Crippen LogP contribution < -0.4 is 9.47 Å². The van der Waals surface area contributed by atoms with Crippen molar-refractivity contribution in [3.05, 3.63) is 70.7 Å². The second kappa shape index (κ2) is 17.3. The second-order valence-corrected chi connectivity index (χ2v) is 15.5. The molecule has 0 unspecified atom stereocenters. The van der Waals surface area contributed by atoms with E-state index in [1.165, 1.54) is 32.1 Å². The van der Waals surface area contributed by atoms with Gasteiger partial charge in [0.25, 0.3) is 0 Å². The molecule has 3 aliphatic rings. The van der Waals surface area contributed by atoms with Crippen LogP contribution in [0.25, 0.3) is 0 Å². The highest BCUT2D eigenvalue weighted by molar-refractivity contribution is 6.06. The molecule has 2 aliphatic carbocycles. The largest absolute Gasteiger partial charge is 0.493 e. The van der Waals surface area contributed by atoms with Crippen LogP contribution in [0.15, 0.2) is 65.2 Å². The van der Waals surface area contributed by atoms with E-state index in [0.29, 0.717) is 66.3 Å². The van der Waals surface area contributed by atoms with E-state index in [-0.39, 0.29) is 28.4 Å². The molecular weight excluding hydrogens is 600 g/mol. The third-order valence-corrected chi connectivity index (χ3v) is 9.66. The number of methoxy groups -OCH3 is 1. The number of allylic oxidation sites excluding steroid dienone is 8. The van der Waals surface area contributed by atoms with Crippen LogP contribution >= 0.6 is 0 Å². The highest BCUT2D eigenvalue weighted by Gasteiger charge is 2.48. The van der Waals surface area contributed by atoms with Gasteiger partial charge in [0, 0.05) is 49.2 Å². The minimum absolute atomic E-state index is 0.0160. The zero-order valence-electron chi connectivity index (χ0n) is 30.4. The van der Waals surface area contributed by atoms with Gasteiger partial charge < -0.3 is 14.2 Å². The van der Waals surface area contributed by atoms with E-state index in [2.05, 4.69) is 58.9 Å². The van der Waals surface area contributed by atoms with Gasteiger partial charge in [-0.05, 0) is 67.1 Å². The summed E-state index contributed by atoms with van der Waals surface area (Å²) in [6.45, 7) is 10.5. The van der Waals surface area contributed by atoms with Crippen LogP contribution in [-0.4, -0.2) is 24.6 Å². The van der Waals surface area contributed by atoms with Gasteiger partial charge in [-0.15, -0.1) is 0 Å². The van der Waals surface area contributed by atoms with Crippen molar-refractivity contribution in [1.29, 1.82) is 0 Å². The van der Waals surface area contributed by atoms with Crippen molar-refractivity contribution >= 4 is 17.5 Å². The maximum absolute atomic E-state index is 13.6. The average molecular weight is 659 g/mol. The van der Waals surface area contributed by atoms with Gasteiger partial charge in [0.15, 0.2) is 23.1 Å². The molecule has 1 aromatic rings. The van der Waals surface area contributed by atoms with Crippen LogP contribution in [0, 0.1) is 10.8 Å². The molecule has 0 saturated heterocycles. The minimum Gasteiger partial charge on any atom is -0.493 e. The molecule has 4 rings (SSSR count). The molecule has 48 heavy (non-hydrogen) atoms. The predicted molar refractivity (Wildman–Crippen MR) is 192 cm³/mol. The molecular formula is C42H58O6. The molecule has 0 N–H and O–H groups in total. The molecule has 1 aromatic carbocycles. The Kier molecular flexibility index (Phi) is 13.5. The van der Waals surface area contributed by atoms with E-state index >= 15 is 0 Å². The number of rotatable bonds is 17. The van der Waals surface area contributed by atoms with E-state index in [1.807, 2.05) is 12.1 Å². The van der Waals surface area contributed by atoms with E-state index in [1.54, 1.807) is 13.2 Å². The molecule has 0 amide bonds. The lowest BCUT2D eigenvalue weighted by Gasteiger charge is -2.42. The molecule has 1 aliphatic heterocycles. The number of hydrogen-bond donors (Lipinski definition) is 0. The van der Waals surface area contributed by atoms with Crippen molar-refractivity contribution in [1.82, 2.24) is 0 Å². The lowest BCUT2D eigenvalue weighted by molar-refractivity contribution is -0.134. The summed E-state index contributed by atoms with van der Waals surface area (Å²) in [6.07, 6.45) is 23.9. The topological polar surface area (TPSA) is 78.9 Å². The maximum atomic E-state index is 13.6. The number of carbonyl (C=O) groups is 3. The molecule has 6 nitrogen and oxygen atoms in total. The van der Waals surface area contributed by atoms with Gasteiger partial charge in [-0.25, -0.2) is 0 Å². The fourth-order valence-electron chi connectivity index (χ4n) is 7.21. The van der Waals surface area contributed by atoms with Gasteiger partial charge in [0.1, 0.15) is 11.5 Å². The number of unbranched alkanes of at least 4 members (excludes halogenated alkanes) is 8. The van der Waals surface area contributed by atoms with Crippen LogP contribution in [0.2, 0.25) is 0 Å². The number of ketones is 2. The van der Waals surface area contributed by atoms with Crippen molar-refractivity contribution in [2.75, 3.05) is 7.11 Å². The van der Waals surface area contributed by atoms with Crippen molar-refractivity contribution in [3.8, 4) is 11.5 Å². The molecule has 6 heteroatoms. The Labute approximate surface area is 289 Å². The number of benzene rings is 1. The van der Waals surface area contributed by atoms with E-state index < -0.39 is 5.92 Å². The highest BCUT2D eigenvalue weighted by atomic mass is 16.6. The van der Waals surface area contributed by atoms with E-state index in [4.69, 9.17) is 14.2 Å². The summed E-state index contributed by atoms with van der Waals surface area (Å²) < 4.78 is 17.8. The van der Waals surface area contributed by atoms with Crippen LogP contribution in [0.1, 0.15) is 149 Å². The number of esters is 1. The smallest absolute Gasteiger partial charge is 0.311 e. The van der Waals surface area contributed by atoms with Gasteiger partial charge >= 0.3 is 5.97 Å². The molecule has 0 fully saturated rings. The lowest BCUT2D eigenvalue weighted by atomic mass is 9.65. The third kappa shape index (κ3) is 10.3. The Balaban J connectivity index is 1.31. The first-order chi connectivity index (χ1) is 22.9. The van der Waals surface area contributed by atoms with E-state index in [0.717, 1.165) is 44.1 Å². The SMILES string of the molecule is CCCCC/C=C\C/C=C\CCCCCCCC(=O)Oc1ccc(C2C3=C(CC(C)(C)CC3=O)OC3=C2C(=O)CC(C)(C)C3)cc1OC. The summed E-state index contributed by atoms with van der Waals surface area (Å²) in [5.41, 5.74) is 1.49. The molecule has 0 aromatic heterocycles. The summed E-state index contributed by atoms with van der Waals surface area (Å²) in [4.78, 5) is 40.0. The number of ether oxygens (including phenoxy) is 3. The Morgan fingerprint density at radius 2 is 1.33 bits per heavy atom. The molecule has 0 saturated carbocycles. The average Bonchev–Trinajstić information content (AvgIpc) is 3.01. The number of carbonyl (C=O) groups excluding carboxylic acids is 3. The second-order valence-electron chi connectivity index (χ2n) is 15.5. The summed E-state index contributed by atoms with van der Waals surface area (Å²) in [7, 11) is 1.54. The van der Waals surface area contributed by atoms with Crippen molar-refractivity contribution in [3.63, 3.8) is 0 Å². The molecule has 0 spiro atoms. The van der Waals surface area contributed by atoms with Crippen LogP contribution in [0.5, 0.6) is 11.5 Å². The first kappa shape index (κ1) is 37.4. The number of hydrogen-bond acceptors (Lipinski definition) is 6. The first-order valence-corrected chi connectivity index (χ1v) is 18.3. The van der Waals surface area contributed by atoms with Gasteiger partial charge in [-0.2, -0.15) is 0 Å². The first-order valence-electron chi connectivity index (χ1n) is 18.3. The zero-order valence-corrected chi connectivity index (χ0v) is 30.4. The molecule has 0 bridgehead atoms. The maximum Gasteiger partial charge on any atom is 0.311 e. The van der Waals surface area contributed by atoms with E-state index in [9.17, 15) is 14.4 Å². The molecule has 0 radical (unpaired) electrons. The van der Waals surface area contributed by atoms with Gasteiger partial charge in [0.05, 0.1) is 7.11 Å². The molecule has 1 heterocycles. The summed E-state index contributed by atoms with van der Waals surface area (Å²) >= 11 is 0.